The fourth-order valence-electron chi connectivity index (χ4n) is 3.44. The molecule has 5 nitrogen and oxygen atoms in total. The van der Waals surface area contributed by atoms with Gasteiger partial charge >= 0.3 is 0 Å². The van der Waals surface area contributed by atoms with Gasteiger partial charge in [-0.05, 0) is 41.3 Å². The number of nitrogens with one attached hydrogen (secondary N) is 1. The number of amides is 1. The first kappa shape index (κ1) is 20.8. The highest BCUT2D eigenvalue weighted by Gasteiger charge is 2.44. The van der Waals surface area contributed by atoms with Crippen molar-refractivity contribution in [3.05, 3.63) is 113 Å². The van der Waals surface area contributed by atoms with Crippen LogP contribution in [0, 0.1) is 11.9 Å². The molecule has 0 spiro atoms. The number of benzene rings is 3. The number of hydrogen-bond donors (Lipinski definition) is 1. The number of halogens is 1. The number of carbonyl (C=O) groups is 1. The number of sulfonamides is 1. The van der Waals surface area contributed by atoms with E-state index in [1.165, 1.54) is 24.3 Å². The van der Waals surface area contributed by atoms with Crippen molar-refractivity contribution in [3.63, 3.8) is 0 Å². The van der Waals surface area contributed by atoms with Gasteiger partial charge in [-0.1, -0.05) is 66.7 Å². The van der Waals surface area contributed by atoms with Crippen molar-refractivity contribution in [1.82, 2.24) is 9.62 Å². The molecule has 0 saturated heterocycles. The van der Waals surface area contributed by atoms with Crippen molar-refractivity contribution in [2.45, 2.75) is 13.0 Å². The average molecular weight is 436 g/mol. The Bertz CT molecular complexity index is 1210. The van der Waals surface area contributed by atoms with Crippen LogP contribution in [-0.2, 0) is 27.8 Å². The second-order valence-corrected chi connectivity index (χ2v) is 8.90. The Morgan fingerprint density at radius 3 is 2.26 bits per heavy atom. The number of rotatable bonds is 7. The molecule has 3 aromatic rings. The van der Waals surface area contributed by atoms with E-state index in [2.05, 4.69) is 11.4 Å². The Labute approximate surface area is 180 Å². The number of carbonyl (C=O) groups excluding carboxylic acids is 1. The Morgan fingerprint density at radius 1 is 0.903 bits per heavy atom. The molecule has 1 radical (unpaired) electrons. The van der Waals surface area contributed by atoms with Crippen LogP contribution in [0.15, 0.2) is 84.6 Å². The molecule has 4 rings (SSSR count). The summed E-state index contributed by atoms with van der Waals surface area (Å²) in [6, 6.07) is 24.4. The van der Waals surface area contributed by atoms with Crippen molar-refractivity contribution in [1.29, 1.82) is 0 Å². The third kappa shape index (κ3) is 4.36. The smallest absolute Gasteiger partial charge is 0.285 e. The summed E-state index contributed by atoms with van der Waals surface area (Å²) in [6.07, 6.45) is 0.617. The summed E-state index contributed by atoms with van der Waals surface area (Å²) in [6.45, 7) is 0.221. The highest BCUT2D eigenvalue weighted by Crippen LogP contribution is 2.35. The van der Waals surface area contributed by atoms with Gasteiger partial charge in [0.25, 0.3) is 15.9 Å². The van der Waals surface area contributed by atoms with Crippen LogP contribution in [0.3, 0.4) is 0 Å². The topological polar surface area (TPSA) is 66.5 Å². The molecule has 157 valence electrons. The van der Waals surface area contributed by atoms with Crippen molar-refractivity contribution < 1.29 is 17.6 Å². The lowest BCUT2D eigenvalue weighted by atomic mass is 10.1. The third-order valence-electron chi connectivity index (χ3n) is 4.99. The van der Waals surface area contributed by atoms with Crippen LogP contribution in [0.1, 0.15) is 16.7 Å². The summed E-state index contributed by atoms with van der Waals surface area (Å²) < 4.78 is 40.8. The molecule has 1 aliphatic rings. The van der Waals surface area contributed by atoms with Gasteiger partial charge in [-0.2, -0.15) is 0 Å². The normalized spacial score (nSPS) is 15.4. The van der Waals surface area contributed by atoms with Crippen molar-refractivity contribution in [3.8, 4) is 0 Å². The first-order chi connectivity index (χ1) is 15.0. The van der Waals surface area contributed by atoms with Crippen LogP contribution in [0.4, 0.5) is 4.39 Å². The minimum atomic E-state index is -4.08. The van der Waals surface area contributed by atoms with Crippen LogP contribution in [-0.4, -0.2) is 25.2 Å². The summed E-state index contributed by atoms with van der Waals surface area (Å²) in [5, 5.41) is 3.05. The minimum Gasteiger partial charge on any atom is -0.379 e. The van der Waals surface area contributed by atoms with Crippen LogP contribution < -0.4 is 5.32 Å². The Hall–Kier alpha value is -3.45. The maximum Gasteiger partial charge on any atom is 0.285 e. The van der Waals surface area contributed by atoms with E-state index in [4.69, 9.17) is 0 Å². The second kappa shape index (κ2) is 8.73. The zero-order chi connectivity index (χ0) is 21.8. The first-order valence-corrected chi connectivity index (χ1v) is 11.2. The fourth-order valence-corrected chi connectivity index (χ4v) is 5.14. The Kier molecular flexibility index (Phi) is 5.86. The highest BCUT2D eigenvalue weighted by atomic mass is 32.2. The molecule has 0 atom stereocenters. The minimum absolute atomic E-state index is 0.0402. The molecule has 7 heteroatoms. The van der Waals surface area contributed by atoms with E-state index in [1.807, 2.05) is 12.1 Å². The largest absolute Gasteiger partial charge is 0.379 e. The first-order valence-electron chi connectivity index (χ1n) is 9.77. The molecule has 0 bridgehead atoms. The van der Waals surface area contributed by atoms with Crippen LogP contribution in [0.5, 0.6) is 0 Å². The standard InChI is InChI=1S/C24H20FN2O3S/c25-21-13-11-19(12-14-21)17-27-24(28)22(26-16-15-18-7-3-1-4-8-18)23(31(27,29)30)20-9-5-2-6-10-20/h2-14,26H,15-17H2. The summed E-state index contributed by atoms with van der Waals surface area (Å²) in [5.74, 6) is -1.05. The molecule has 1 N–H and O–H groups in total. The van der Waals surface area contributed by atoms with Crippen LogP contribution in [0.25, 0.3) is 4.91 Å². The lowest BCUT2D eigenvalue weighted by Gasteiger charge is -2.16. The van der Waals surface area contributed by atoms with Gasteiger partial charge in [0.1, 0.15) is 16.4 Å². The molecular formula is C24H20FN2O3S. The molecule has 1 aliphatic heterocycles. The fraction of sp³-hybridized carbons (Fsp3) is 0.125. The van der Waals surface area contributed by atoms with Gasteiger partial charge in [-0.25, -0.2) is 17.1 Å². The molecule has 0 aromatic heterocycles. The molecule has 3 aromatic carbocycles. The molecule has 0 aliphatic carbocycles. The maximum absolute atomic E-state index is 13.3. The molecule has 0 fully saturated rings. The van der Waals surface area contributed by atoms with Crippen molar-refractivity contribution in [2.24, 2.45) is 0 Å². The van der Waals surface area contributed by atoms with Crippen molar-refractivity contribution >= 4 is 20.8 Å². The summed E-state index contributed by atoms with van der Waals surface area (Å²) in [7, 11) is -4.08. The summed E-state index contributed by atoms with van der Waals surface area (Å²) in [5.41, 5.74) is 2.06. The zero-order valence-corrected chi connectivity index (χ0v) is 17.4. The van der Waals surface area contributed by atoms with E-state index >= 15 is 0 Å². The molecule has 1 amide bonds. The van der Waals surface area contributed by atoms with E-state index in [0.29, 0.717) is 24.1 Å². The molecular weight excluding hydrogens is 415 g/mol. The molecule has 0 saturated carbocycles. The SMILES string of the molecule is O=C1C(NCCc2cc[c]cc2)=C(c2ccccc2)S(=O)(=O)N1Cc1ccc(F)cc1. The molecule has 31 heavy (non-hydrogen) atoms. The van der Waals surface area contributed by atoms with Crippen LogP contribution >= 0.6 is 0 Å². The van der Waals surface area contributed by atoms with E-state index in [-0.39, 0.29) is 17.1 Å². The van der Waals surface area contributed by atoms with E-state index in [9.17, 15) is 17.6 Å². The Morgan fingerprint density at radius 2 is 1.58 bits per heavy atom. The van der Waals surface area contributed by atoms with E-state index in [1.54, 1.807) is 42.5 Å². The quantitative estimate of drug-likeness (QED) is 0.617. The Balaban J connectivity index is 1.65. The van der Waals surface area contributed by atoms with Crippen LogP contribution in [0.2, 0.25) is 0 Å². The van der Waals surface area contributed by atoms with Crippen molar-refractivity contribution in [2.75, 3.05) is 6.54 Å². The summed E-state index contributed by atoms with van der Waals surface area (Å²) >= 11 is 0. The zero-order valence-electron chi connectivity index (χ0n) is 16.6. The lowest BCUT2D eigenvalue weighted by molar-refractivity contribution is -0.122. The van der Waals surface area contributed by atoms with Gasteiger partial charge < -0.3 is 5.32 Å². The van der Waals surface area contributed by atoms with Gasteiger partial charge in [0, 0.05) is 6.54 Å². The molecule has 0 unspecified atom stereocenters. The van der Waals surface area contributed by atoms with Gasteiger partial charge in [-0.15, -0.1) is 0 Å². The average Bonchev–Trinajstić information content (AvgIpc) is 2.96. The molecule has 1 heterocycles. The monoisotopic (exact) mass is 435 g/mol. The second-order valence-electron chi connectivity index (χ2n) is 7.10. The predicted molar refractivity (Wildman–Crippen MR) is 116 cm³/mol. The lowest BCUT2D eigenvalue weighted by Crippen LogP contribution is -2.33. The van der Waals surface area contributed by atoms with Gasteiger partial charge in [0.15, 0.2) is 0 Å². The summed E-state index contributed by atoms with van der Waals surface area (Å²) in [4.78, 5) is 13.1. The predicted octanol–water partition coefficient (Wildman–Crippen LogP) is 3.50. The highest BCUT2D eigenvalue weighted by molar-refractivity contribution is 7.99. The van der Waals surface area contributed by atoms with Gasteiger partial charge in [0.05, 0.1) is 6.54 Å². The number of hydrogen-bond acceptors (Lipinski definition) is 4. The maximum atomic E-state index is 13.3. The number of nitrogens with zero attached hydrogens (tertiary/aromatic N) is 1. The van der Waals surface area contributed by atoms with Gasteiger partial charge in [-0.3, -0.25) is 4.79 Å². The van der Waals surface area contributed by atoms with Gasteiger partial charge in [0.2, 0.25) is 0 Å². The van der Waals surface area contributed by atoms with E-state index < -0.39 is 21.7 Å². The van der Waals surface area contributed by atoms with E-state index in [0.717, 1.165) is 9.87 Å². The third-order valence-corrected chi connectivity index (χ3v) is 6.82.